The number of hydrogen-bond acceptors (Lipinski definition) is 2. The Balaban J connectivity index is 1.80. The molecule has 0 atom stereocenters. The minimum atomic E-state index is -0.0874. The van der Waals surface area contributed by atoms with E-state index in [4.69, 9.17) is 16.6 Å². The van der Waals surface area contributed by atoms with Gasteiger partial charge in [-0.15, -0.1) is 0 Å². The van der Waals surface area contributed by atoms with Crippen molar-refractivity contribution in [2.45, 2.75) is 0 Å². The first-order chi connectivity index (χ1) is 15.1. The second-order valence-corrected chi connectivity index (χ2v) is 8.84. The van der Waals surface area contributed by atoms with E-state index in [-0.39, 0.29) is 5.56 Å². The molecule has 0 spiro atoms. The molecule has 0 saturated heterocycles. The van der Waals surface area contributed by atoms with E-state index in [0.29, 0.717) is 21.7 Å². The molecule has 3 nitrogen and oxygen atoms in total. The second-order valence-electron chi connectivity index (χ2n) is 7.16. The molecule has 0 N–H and O–H groups in total. The van der Waals surface area contributed by atoms with Crippen LogP contribution in [0.15, 0.2) is 89.7 Å². The zero-order valence-corrected chi connectivity index (χ0v) is 19.2. The zero-order valence-electron chi connectivity index (χ0n) is 16.3. The normalized spacial score (nSPS) is 11.5. The van der Waals surface area contributed by atoms with E-state index in [0.717, 1.165) is 25.6 Å². The van der Waals surface area contributed by atoms with Crippen molar-refractivity contribution in [3.05, 3.63) is 115 Å². The summed E-state index contributed by atoms with van der Waals surface area (Å²) in [6.45, 7) is 0. The van der Waals surface area contributed by atoms with Gasteiger partial charge in [0, 0.05) is 14.0 Å². The van der Waals surface area contributed by atoms with Crippen LogP contribution in [0.4, 0.5) is 0 Å². The first kappa shape index (κ1) is 20.0. The highest BCUT2D eigenvalue weighted by atomic mass is 127. The van der Waals surface area contributed by atoms with Crippen LogP contribution in [0.2, 0.25) is 5.02 Å². The van der Waals surface area contributed by atoms with Crippen molar-refractivity contribution in [2.75, 3.05) is 0 Å². The molecule has 0 radical (unpaired) electrons. The molecule has 0 unspecified atom stereocenters. The Morgan fingerprint density at radius 2 is 1.61 bits per heavy atom. The molecule has 5 heteroatoms. The predicted octanol–water partition coefficient (Wildman–Crippen LogP) is 6.97. The lowest BCUT2D eigenvalue weighted by Gasteiger charge is -2.14. The van der Waals surface area contributed by atoms with Gasteiger partial charge in [-0.25, -0.2) is 4.98 Å². The van der Waals surface area contributed by atoms with Crippen molar-refractivity contribution in [3.63, 3.8) is 0 Å². The summed E-state index contributed by atoms with van der Waals surface area (Å²) < 4.78 is 2.70. The Bertz CT molecular complexity index is 1520. The summed E-state index contributed by atoms with van der Waals surface area (Å²) in [5, 5.41) is 3.36. The Morgan fingerprint density at radius 1 is 0.839 bits per heavy atom. The van der Waals surface area contributed by atoms with Gasteiger partial charge in [-0.1, -0.05) is 66.2 Å². The molecule has 0 aliphatic carbocycles. The molecule has 5 aromatic rings. The Morgan fingerprint density at radius 3 is 2.45 bits per heavy atom. The van der Waals surface area contributed by atoms with E-state index >= 15 is 0 Å². The van der Waals surface area contributed by atoms with E-state index in [1.54, 1.807) is 4.57 Å². The predicted molar refractivity (Wildman–Crippen MR) is 138 cm³/mol. The summed E-state index contributed by atoms with van der Waals surface area (Å²) >= 11 is 8.23. The van der Waals surface area contributed by atoms with Gasteiger partial charge in [0.25, 0.3) is 5.56 Å². The van der Waals surface area contributed by atoms with Crippen molar-refractivity contribution in [1.82, 2.24) is 9.55 Å². The average molecular weight is 535 g/mol. The lowest BCUT2D eigenvalue weighted by Crippen LogP contribution is -2.22. The van der Waals surface area contributed by atoms with Crippen LogP contribution in [0.3, 0.4) is 0 Å². The summed E-state index contributed by atoms with van der Waals surface area (Å²) in [5.41, 5.74) is 2.38. The number of hydrogen-bond donors (Lipinski definition) is 0. The van der Waals surface area contributed by atoms with Gasteiger partial charge in [0.15, 0.2) is 0 Å². The van der Waals surface area contributed by atoms with Crippen molar-refractivity contribution in [1.29, 1.82) is 0 Å². The van der Waals surface area contributed by atoms with Crippen molar-refractivity contribution < 1.29 is 0 Å². The Kier molecular flexibility index (Phi) is 5.34. The van der Waals surface area contributed by atoms with Gasteiger partial charge < -0.3 is 0 Å². The van der Waals surface area contributed by atoms with E-state index in [9.17, 15) is 4.79 Å². The van der Waals surface area contributed by atoms with Gasteiger partial charge >= 0.3 is 0 Å². The quantitative estimate of drug-likeness (QED) is 0.234. The van der Waals surface area contributed by atoms with Crippen LogP contribution in [-0.4, -0.2) is 9.55 Å². The van der Waals surface area contributed by atoms with E-state index in [1.165, 1.54) is 0 Å². The van der Waals surface area contributed by atoms with E-state index in [1.807, 2.05) is 97.1 Å². The topological polar surface area (TPSA) is 34.9 Å². The first-order valence-corrected chi connectivity index (χ1v) is 11.2. The summed E-state index contributed by atoms with van der Waals surface area (Å²) in [6.07, 6.45) is 3.82. The molecular weight excluding hydrogens is 519 g/mol. The highest BCUT2D eigenvalue weighted by Crippen LogP contribution is 2.24. The number of fused-ring (bicyclic) bond motifs is 2. The van der Waals surface area contributed by atoms with Crippen LogP contribution in [0.25, 0.3) is 39.5 Å². The lowest BCUT2D eigenvalue weighted by atomic mass is 10.1. The highest BCUT2D eigenvalue weighted by molar-refractivity contribution is 14.1. The number of halogens is 2. The molecule has 4 aromatic carbocycles. The van der Waals surface area contributed by atoms with Gasteiger partial charge in [-0.2, -0.15) is 0 Å². The fourth-order valence-electron chi connectivity index (χ4n) is 3.67. The summed E-state index contributed by atoms with van der Waals surface area (Å²) in [7, 11) is 0. The molecule has 1 aromatic heterocycles. The van der Waals surface area contributed by atoms with Gasteiger partial charge in [-0.3, -0.25) is 9.36 Å². The van der Waals surface area contributed by atoms with Gasteiger partial charge in [0.1, 0.15) is 5.82 Å². The van der Waals surface area contributed by atoms with Gasteiger partial charge in [-0.05, 0) is 76.0 Å². The molecule has 0 aliphatic heterocycles. The van der Waals surface area contributed by atoms with E-state index in [2.05, 4.69) is 22.6 Å². The lowest BCUT2D eigenvalue weighted by molar-refractivity contribution is 0.951. The molecule has 31 heavy (non-hydrogen) atoms. The molecular formula is C26H16ClIN2O. The van der Waals surface area contributed by atoms with Crippen molar-refractivity contribution >= 4 is 68.0 Å². The molecule has 0 saturated carbocycles. The van der Waals surface area contributed by atoms with Crippen LogP contribution in [0.1, 0.15) is 11.4 Å². The maximum atomic E-state index is 13.7. The summed E-state index contributed by atoms with van der Waals surface area (Å²) in [5.74, 6) is 0.574. The maximum absolute atomic E-state index is 13.7. The largest absolute Gasteiger partial charge is 0.268 e. The number of benzene rings is 4. The second kappa shape index (κ2) is 8.29. The third-order valence-corrected chi connectivity index (χ3v) is 6.08. The first-order valence-electron chi connectivity index (χ1n) is 9.74. The SMILES string of the molecule is O=c1c2cc(I)ccc2nc(/C=C/c2ccc(Cl)cc2)n1-c1cccc2ccccc12. The fourth-order valence-corrected chi connectivity index (χ4v) is 4.28. The third-order valence-electron chi connectivity index (χ3n) is 5.16. The van der Waals surface area contributed by atoms with Crippen LogP contribution >= 0.6 is 34.2 Å². The minimum Gasteiger partial charge on any atom is -0.268 e. The van der Waals surface area contributed by atoms with Crippen LogP contribution in [-0.2, 0) is 0 Å². The molecule has 0 bridgehead atoms. The molecule has 0 aliphatic rings. The smallest absolute Gasteiger partial charge is 0.266 e. The van der Waals surface area contributed by atoms with Gasteiger partial charge in [0.05, 0.1) is 16.6 Å². The zero-order chi connectivity index (χ0) is 21.4. The minimum absolute atomic E-state index is 0.0874. The molecule has 0 fully saturated rings. The van der Waals surface area contributed by atoms with Crippen molar-refractivity contribution in [3.8, 4) is 5.69 Å². The molecule has 150 valence electrons. The fraction of sp³-hybridized carbons (Fsp3) is 0. The molecule has 0 amide bonds. The third kappa shape index (κ3) is 3.89. The standard InChI is InChI=1S/C26H16ClIN2O/c27-19-11-8-17(9-12-19)10-15-25-29-23-14-13-20(28)16-22(23)26(31)30(25)24-7-3-5-18-4-1-2-6-21(18)24/h1-16H/b15-10+. The highest BCUT2D eigenvalue weighted by Gasteiger charge is 2.13. The van der Waals surface area contributed by atoms with Crippen molar-refractivity contribution in [2.24, 2.45) is 0 Å². The monoisotopic (exact) mass is 534 g/mol. The Hall–Kier alpha value is -2.96. The number of rotatable bonds is 3. The molecule has 1 heterocycles. The number of aromatic nitrogens is 2. The molecule has 5 rings (SSSR count). The summed E-state index contributed by atoms with van der Waals surface area (Å²) in [6, 6.07) is 27.3. The van der Waals surface area contributed by atoms with Crippen LogP contribution < -0.4 is 5.56 Å². The average Bonchev–Trinajstić information content (AvgIpc) is 2.79. The van der Waals surface area contributed by atoms with Crippen LogP contribution in [0, 0.1) is 3.57 Å². The van der Waals surface area contributed by atoms with E-state index < -0.39 is 0 Å². The number of nitrogens with zero attached hydrogens (tertiary/aromatic N) is 2. The summed E-state index contributed by atoms with van der Waals surface area (Å²) in [4.78, 5) is 18.5. The van der Waals surface area contributed by atoms with Crippen LogP contribution in [0.5, 0.6) is 0 Å². The Labute approximate surface area is 197 Å². The van der Waals surface area contributed by atoms with Gasteiger partial charge in [0.2, 0.25) is 0 Å². The maximum Gasteiger partial charge on any atom is 0.266 e.